The Morgan fingerprint density at radius 2 is 1.93 bits per heavy atom. The molecule has 0 heterocycles. The van der Waals surface area contributed by atoms with Crippen LogP contribution in [-0.2, 0) is 9.84 Å². The molecule has 1 atom stereocenters. The SMILES string of the molecule is C=CCC(Br)S(=O)(=O)c1ccccc1. The van der Waals surface area contributed by atoms with Gasteiger partial charge in [-0.05, 0) is 18.6 Å². The summed E-state index contributed by atoms with van der Waals surface area (Å²) in [6, 6.07) is 8.39. The summed E-state index contributed by atoms with van der Waals surface area (Å²) < 4.78 is 23.1. The predicted octanol–water partition coefficient (Wildman–Crippen LogP) is 2.76. The molecule has 1 aromatic rings. The number of allylic oxidation sites excluding steroid dienone is 1. The Hall–Kier alpha value is -0.610. The van der Waals surface area contributed by atoms with E-state index in [0.29, 0.717) is 11.3 Å². The van der Waals surface area contributed by atoms with Crippen LogP contribution in [0.25, 0.3) is 0 Å². The smallest absolute Gasteiger partial charge is 0.191 e. The number of alkyl halides is 1. The molecule has 1 unspecified atom stereocenters. The molecule has 0 saturated heterocycles. The highest BCUT2D eigenvalue weighted by Gasteiger charge is 2.22. The van der Waals surface area contributed by atoms with Crippen LogP contribution < -0.4 is 0 Å². The van der Waals surface area contributed by atoms with Gasteiger partial charge in [0.05, 0.1) is 4.90 Å². The van der Waals surface area contributed by atoms with E-state index in [-0.39, 0.29) is 0 Å². The van der Waals surface area contributed by atoms with E-state index in [1.807, 2.05) is 0 Å². The highest BCUT2D eigenvalue weighted by molar-refractivity contribution is 9.11. The minimum absolute atomic E-state index is 0.337. The molecular weight excluding hydrogens is 264 g/mol. The third-order valence-corrected chi connectivity index (χ3v) is 5.41. The summed E-state index contributed by atoms with van der Waals surface area (Å²) in [6.45, 7) is 3.51. The molecule has 1 rings (SSSR count). The van der Waals surface area contributed by atoms with Crippen molar-refractivity contribution in [2.24, 2.45) is 0 Å². The summed E-state index contributed by atoms with van der Waals surface area (Å²) in [5.74, 6) is 0. The Labute approximate surface area is 92.7 Å². The minimum atomic E-state index is -3.26. The zero-order valence-electron chi connectivity index (χ0n) is 7.56. The van der Waals surface area contributed by atoms with Crippen molar-refractivity contribution >= 4 is 25.8 Å². The Morgan fingerprint density at radius 1 is 1.36 bits per heavy atom. The van der Waals surface area contributed by atoms with Gasteiger partial charge in [-0.3, -0.25) is 0 Å². The molecule has 0 aromatic heterocycles. The average molecular weight is 275 g/mol. The van der Waals surface area contributed by atoms with Gasteiger partial charge in [0.1, 0.15) is 4.16 Å². The second kappa shape index (κ2) is 4.75. The number of hydrogen-bond acceptors (Lipinski definition) is 2. The second-order valence-electron chi connectivity index (χ2n) is 2.79. The quantitative estimate of drug-likeness (QED) is 0.625. The van der Waals surface area contributed by atoms with Gasteiger partial charge < -0.3 is 0 Å². The fourth-order valence-electron chi connectivity index (χ4n) is 1.02. The van der Waals surface area contributed by atoms with E-state index < -0.39 is 14.0 Å². The number of sulfone groups is 1. The lowest BCUT2D eigenvalue weighted by molar-refractivity contribution is 0.593. The van der Waals surface area contributed by atoms with Crippen molar-refractivity contribution in [3.63, 3.8) is 0 Å². The van der Waals surface area contributed by atoms with E-state index >= 15 is 0 Å². The molecule has 0 aliphatic rings. The Balaban J connectivity index is 3.03. The summed E-state index contributed by atoms with van der Waals surface area (Å²) in [5, 5.41) is 0. The highest BCUT2D eigenvalue weighted by Crippen LogP contribution is 2.22. The molecule has 0 fully saturated rings. The summed E-state index contributed by atoms with van der Waals surface area (Å²) in [5.41, 5.74) is 0. The van der Waals surface area contributed by atoms with E-state index in [1.165, 1.54) is 0 Å². The normalized spacial score (nSPS) is 13.5. The zero-order valence-corrected chi connectivity index (χ0v) is 9.96. The minimum Gasteiger partial charge on any atom is -0.223 e. The summed E-state index contributed by atoms with van der Waals surface area (Å²) >= 11 is 3.14. The maximum atomic E-state index is 11.8. The number of rotatable bonds is 4. The van der Waals surface area contributed by atoms with Crippen LogP contribution in [0.15, 0.2) is 47.9 Å². The lowest BCUT2D eigenvalue weighted by Gasteiger charge is -2.08. The van der Waals surface area contributed by atoms with Gasteiger partial charge in [-0.2, -0.15) is 0 Å². The van der Waals surface area contributed by atoms with Crippen LogP contribution in [0.4, 0.5) is 0 Å². The monoisotopic (exact) mass is 274 g/mol. The first kappa shape index (κ1) is 11.5. The molecule has 1 aromatic carbocycles. The van der Waals surface area contributed by atoms with Crippen LogP contribution >= 0.6 is 15.9 Å². The van der Waals surface area contributed by atoms with Crippen LogP contribution in [0.2, 0.25) is 0 Å². The summed E-state index contributed by atoms with van der Waals surface area (Å²) in [4.78, 5) is 0.337. The van der Waals surface area contributed by atoms with Gasteiger partial charge in [-0.1, -0.05) is 40.2 Å². The molecule has 0 aliphatic carbocycles. The fraction of sp³-hybridized carbons (Fsp3) is 0.200. The first-order valence-electron chi connectivity index (χ1n) is 4.13. The van der Waals surface area contributed by atoms with Crippen molar-refractivity contribution in [2.75, 3.05) is 0 Å². The van der Waals surface area contributed by atoms with E-state index in [1.54, 1.807) is 36.4 Å². The van der Waals surface area contributed by atoms with Gasteiger partial charge in [0, 0.05) is 0 Å². The van der Waals surface area contributed by atoms with Gasteiger partial charge in [0.2, 0.25) is 0 Å². The van der Waals surface area contributed by atoms with E-state index in [9.17, 15) is 8.42 Å². The molecule has 0 bridgehead atoms. The molecule has 76 valence electrons. The van der Waals surface area contributed by atoms with Crippen molar-refractivity contribution in [3.05, 3.63) is 43.0 Å². The first-order chi connectivity index (χ1) is 6.59. The maximum Gasteiger partial charge on any atom is 0.191 e. The van der Waals surface area contributed by atoms with Crippen LogP contribution in [0, 0.1) is 0 Å². The summed E-state index contributed by atoms with van der Waals surface area (Å²) in [7, 11) is -3.26. The molecule has 0 aliphatic heterocycles. The van der Waals surface area contributed by atoms with Crippen LogP contribution in [-0.4, -0.2) is 12.6 Å². The fourth-order valence-corrected chi connectivity index (χ4v) is 3.15. The van der Waals surface area contributed by atoms with Crippen LogP contribution in [0.3, 0.4) is 0 Å². The topological polar surface area (TPSA) is 34.1 Å². The number of benzene rings is 1. The van der Waals surface area contributed by atoms with Crippen molar-refractivity contribution in [2.45, 2.75) is 15.5 Å². The first-order valence-corrected chi connectivity index (χ1v) is 6.59. The van der Waals surface area contributed by atoms with Crippen LogP contribution in [0.1, 0.15) is 6.42 Å². The molecule has 0 amide bonds. The van der Waals surface area contributed by atoms with Gasteiger partial charge in [-0.15, -0.1) is 6.58 Å². The Bertz CT molecular complexity index is 397. The van der Waals surface area contributed by atoms with Gasteiger partial charge in [-0.25, -0.2) is 8.42 Å². The lowest BCUT2D eigenvalue weighted by atomic mass is 10.4. The highest BCUT2D eigenvalue weighted by atomic mass is 79.9. The molecular formula is C10H11BrO2S. The second-order valence-corrected chi connectivity index (χ2v) is 6.63. The molecule has 14 heavy (non-hydrogen) atoms. The van der Waals surface area contributed by atoms with Gasteiger partial charge in [0.25, 0.3) is 0 Å². The molecule has 0 N–H and O–H groups in total. The molecule has 0 spiro atoms. The van der Waals surface area contributed by atoms with E-state index in [4.69, 9.17) is 0 Å². The third kappa shape index (κ3) is 2.45. The average Bonchev–Trinajstić information content (AvgIpc) is 2.19. The molecule has 4 heteroatoms. The van der Waals surface area contributed by atoms with Gasteiger partial charge >= 0.3 is 0 Å². The standard InChI is InChI=1S/C10H11BrO2S/c1-2-6-10(11)14(12,13)9-7-4-3-5-8-9/h2-5,7-8,10H,1,6H2. The van der Waals surface area contributed by atoms with Gasteiger partial charge in [0.15, 0.2) is 9.84 Å². The molecule has 0 saturated carbocycles. The lowest BCUT2D eigenvalue weighted by Crippen LogP contribution is -2.13. The van der Waals surface area contributed by atoms with E-state index in [2.05, 4.69) is 22.5 Å². The molecule has 0 radical (unpaired) electrons. The van der Waals surface area contributed by atoms with Crippen molar-refractivity contribution < 1.29 is 8.42 Å². The third-order valence-electron chi connectivity index (χ3n) is 1.76. The molecule has 2 nitrogen and oxygen atoms in total. The van der Waals surface area contributed by atoms with Crippen molar-refractivity contribution in [3.8, 4) is 0 Å². The van der Waals surface area contributed by atoms with Crippen molar-refractivity contribution in [1.82, 2.24) is 0 Å². The Kier molecular flexibility index (Phi) is 3.89. The predicted molar refractivity (Wildman–Crippen MR) is 61.2 cm³/mol. The summed E-state index contributed by atoms with van der Waals surface area (Å²) in [6.07, 6.45) is 1.98. The Morgan fingerprint density at radius 3 is 2.43 bits per heavy atom. The zero-order chi connectivity index (χ0) is 10.6. The largest absolute Gasteiger partial charge is 0.223 e. The maximum absolute atomic E-state index is 11.8. The number of halogens is 1. The van der Waals surface area contributed by atoms with Crippen molar-refractivity contribution in [1.29, 1.82) is 0 Å². The van der Waals surface area contributed by atoms with Crippen LogP contribution in [0.5, 0.6) is 0 Å². The number of hydrogen-bond donors (Lipinski definition) is 0. The van der Waals surface area contributed by atoms with E-state index in [0.717, 1.165) is 0 Å².